The molecule has 0 saturated carbocycles. The van der Waals surface area contributed by atoms with Crippen LogP contribution in [-0.2, 0) is 26.0 Å². The van der Waals surface area contributed by atoms with E-state index in [0.29, 0.717) is 28.5 Å². The fourth-order valence-electron chi connectivity index (χ4n) is 4.50. The van der Waals surface area contributed by atoms with Crippen LogP contribution in [0.5, 0.6) is 0 Å². The molecular weight excluding hydrogens is 606 g/mol. The number of piperidine rings is 1. The highest BCUT2D eigenvalue weighted by Crippen LogP contribution is 2.34. The Morgan fingerprint density at radius 1 is 0.974 bits per heavy atom. The third kappa shape index (κ3) is 6.88. The van der Waals surface area contributed by atoms with Gasteiger partial charge in [-0.15, -0.1) is 0 Å². The highest BCUT2D eigenvalue weighted by atomic mass is 35.5. The van der Waals surface area contributed by atoms with Crippen molar-refractivity contribution < 1.29 is 23.1 Å². The second-order valence-corrected chi connectivity index (χ2v) is 12.7. The maximum Gasteiger partial charge on any atom is 0.326 e. The van der Waals surface area contributed by atoms with Crippen molar-refractivity contribution in [2.75, 3.05) is 13.1 Å². The summed E-state index contributed by atoms with van der Waals surface area (Å²) in [5, 5.41) is 13.4. The number of nitrogens with one attached hydrogen (secondary N) is 1. The number of carboxylic acids is 1. The Morgan fingerprint density at radius 3 is 2.28 bits per heavy atom. The SMILES string of the molecule is O=C(N[C@@H](Cc1ccc(-c2cc(Cl)ccc2Cl)cc1)C(=O)O)C1CCCN(S(=O)(=O)c2c(Cl)cccc2Cl)C1. The Hall–Kier alpha value is -2.33. The molecule has 1 saturated heterocycles. The molecular formula is C27H24Cl4N2O5S. The van der Waals surface area contributed by atoms with Gasteiger partial charge in [0.05, 0.1) is 16.0 Å². The molecule has 1 aliphatic heterocycles. The van der Waals surface area contributed by atoms with Crippen molar-refractivity contribution in [1.29, 1.82) is 0 Å². The van der Waals surface area contributed by atoms with Gasteiger partial charge in [-0.2, -0.15) is 4.31 Å². The van der Waals surface area contributed by atoms with Crippen molar-refractivity contribution in [3.63, 3.8) is 0 Å². The van der Waals surface area contributed by atoms with Gasteiger partial charge in [-0.3, -0.25) is 4.79 Å². The van der Waals surface area contributed by atoms with E-state index in [1.165, 1.54) is 16.4 Å². The van der Waals surface area contributed by atoms with Gasteiger partial charge in [0.1, 0.15) is 10.9 Å². The Balaban J connectivity index is 1.45. The van der Waals surface area contributed by atoms with Gasteiger partial charge < -0.3 is 10.4 Å². The number of sulfonamides is 1. The molecule has 1 unspecified atom stereocenters. The molecule has 2 atom stereocenters. The van der Waals surface area contributed by atoms with Gasteiger partial charge in [0.15, 0.2) is 0 Å². The maximum atomic E-state index is 13.3. The van der Waals surface area contributed by atoms with E-state index in [0.717, 1.165) is 11.1 Å². The monoisotopic (exact) mass is 628 g/mol. The number of halogens is 4. The van der Waals surface area contributed by atoms with Crippen LogP contribution >= 0.6 is 46.4 Å². The van der Waals surface area contributed by atoms with Gasteiger partial charge in [0.25, 0.3) is 0 Å². The van der Waals surface area contributed by atoms with E-state index in [2.05, 4.69) is 5.32 Å². The Kier molecular flexibility index (Phi) is 9.47. The highest BCUT2D eigenvalue weighted by molar-refractivity contribution is 7.89. The van der Waals surface area contributed by atoms with E-state index in [4.69, 9.17) is 46.4 Å². The Morgan fingerprint density at radius 2 is 1.64 bits per heavy atom. The summed E-state index contributed by atoms with van der Waals surface area (Å²) in [6, 6.07) is 15.5. The van der Waals surface area contributed by atoms with Crippen molar-refractivity contribution in [3.8, 4) is 11.1 Å². The van der Waals surface area contributed by atoms with Crippen molar-refractivity contribution in [1.82, 2.24) is 9.62 Å². The number of hydrogen-bond donors (Lipinski definition) is 2. The zero-order chi connectivity index (χ0) is 28.3. The van der Waals surface area contributed by atoms with Crippen molar-refractivity contribution in [3.05, 3.63) is 86.3 Å². The van der Waals surface area contributed by atoms with E-state index in [9.17, 15) is 23.1 Å². The number of aliphatic carboxylic acids is 1. The molecule has 7 nitrogen and oxygen atoms in total. The molecule has 0 bridgehead atoms. The van der Waals surface area contributed by atoms with Crippen molar-refractivity contribution in [2.45, 2.75) is 30.2 Å². The van der Waals surface area contributed by atoms with Crippen molar-refractivity contribution >= 4 is 68.3 Å². The number of carboxylic acid groups (broad SMARTS) is 1. The first-order chi connectivity index (χ1) is 18.5. The summed E-state index contributed by atoms with van der Waals surface area (Å²) in [6.45, 7) is 0.0795. The Labute approximate surface area is 246 Å². The van der Waals surface area contributed by atoms with Crippen LogP contribution in [0.25, 0.3) is 11.1 Å². The summed E-state index contributed by atoms with van der Waals surface area (Å²) in [5.41, 5.74) is 2.24. The zero-order valence-electron chi connectivity index (χ0n) is 20.4. The first kappa shape index (κ1) is 29.6. The summed E-state index contributed by atoms with van der Waals surface area (Å²) >= 11 is 24.6. The lowest BCUT2D eigenvalue weighted by atomic mass is 9.97. The lowest BCUT2D eigenvalue weighted by Gasteiger charge is -2.32. The predicted molar refractivity (Wildman–Crippen MR) is 153 cm³/mol. The number of nitrogens with zero attached hydrogens (tertiary/aromatic N) is 1. The van der Waals surface area contributed by atoms with Crippen molar-refractivity contribution in [2.24, 2.45) is 5.92 Å². The minimum absolute atomic E-state index is 0.0105. The van der Waals surface area contributed by atoms with Crippen LogP contribution in [0.1, 0.15) is 18.4 Å². The smallest absolute Gasteiger partial charge is 0.326 e. The molecule has 1 fully saturated rings. The molecule has 0 aromatic heterocycles. The number of amides is 1. The normalized spacial score (nSPS) is 17.0. The maximum absolute atomic E-state index is 13.3. The quantitative estimate of drug-likeness (QED) is 0.310. The first-order valence-electron chi connectivity index (χ1n) is 12.0. The predicted octanol–water partition coefficient (Wildman–Crippen LogP) is 6.18. The molecule has 206 valence electrons. The van der Waals surface area contributed by atoms with Gasteiger partial charge in [-0.25, -0.2) is 13.2 Å². The van der Waals surface area contributed by atoms with Gasteiger partial charge in [0.2, 0.25) is 15.9 Å². The summed E-state index contributed by atoms with van der Waals surface area (Å²) in [4.78, 5) is 24.9. The van der Waals surface area contributed by atoms with E-state index in [-0.39, 0.29) is 34.5 Å². The van der Waals surface area contributed by atoms with E-state index < -0.39 is 33.9 Å². The molecule has 3 aromatic rings. The van der Waals surface area contributed by atoms with Gasteiger partial charge in [-0.1, -0.05) is 76.7 Å². The minimum Gasteiger partial charge on any atom is -0.480 e. The molecule has 4 rings (SSSR count). The second-order valence-electron chi connectivity index (χ2n) is 9.18. The second kappa shape index (κ2) is 12.5. The molecule has 0 aliphatic carbocycles. The highest BCUT2D eigenvalue weighted by Gasteiger charge is 2.36. The fraction of sp³-hybridized carbons (Fsp3) is 0.259. The van der Waals surface area contributed by atoms with E-state index >= 15 is 0 Å². The molecule has 1 amide bonds. The largest absolute Gasteiger partial charge is 0.480 e. The summed E-state index contributed by atoms with van der Waals surface area (Å²) < 4.78 is 27.7. The van der Waals surface area contributed by atoms with Crippen LogP contribution < -0.4 is 5.32 Å². The van der Waals surface area contributed by atoms with E-state index in [1.54, 1.807) is 48.5 Å². The van der Waals surface area contributed by atoms with Crippen LogP contribution in [-0.4, -0.2) is 48.8 Å². The lowest BCUT2D eigenvalue weighted by Crippen LogP contribution is -2.50. The number of rotatable bonds is 8. The summed E-state index contributed by atoms with van der Waals surface area (Å²) in [7, 11) is -4.06. The van der Waals surface area contributed by atoms with Gasteiger partial charge in [0, 0.05) is 35.1 Å². The van der Waals surface area contributed by atoms with Crippen LogP contribution in [0.3, 0.4) is 0 Å². The first-order valence-corrected chi connectivity index (χ1v) is 14.9. The molecule has 0 spiro atoms. The summed E-state index contributed by atoms with van der Waals surface area (Å²) in [6.07, 6.45) is 0.870. The van der Waals surface area contributed by atoms with Crippen LogP contribution in [0.4, 0.5) is 0 Å². The van der Waals surface area contributed by atoms with Gasteiger partial charge in [-0.05, 0) is 54.3 Å². The number of carbonyl (C=O) groups excluding carboxylic acids is 1. The molecule has 2 N–H and O–H groups in total. The van der Waals surface area contributed by atoms with Crippen LogP contribution in [0.15, 0.2) is 65.6 Å². The van der Waals surface area contributed by atoms with Crippen LogP contribution in [0, 0.1) is 5.92 Å². The molecule has 39 heavy (non-hydrogen) atoms. The molecule has 1 heterocycles. The number of benzene rings is 3. The third-order valence-electron chi connectivity index (χ3n) is 6.52. The third-order valence-corrected chi connectivity index (χ3v) is 9.91. The van der Waals surface area contributed by atoms with Crippen LogP contribution in [0.2, 0.25) is 20.1 Å². The minimum atomic E-state index is -4.06. The molecule has 12 heteroatoms. The number of carbonyl (C=O) groups is 2. The Bertz CT molecular complexity index is 1480. The molecule has 0 radical (unpaired) electrons. The lowest BCUT2D eigenvalue weighted by molar-refractivity contribution is -0.142. The molecule has 1 aliphatic rings. The topological polar surface area (TPSA) is 104 Å². The fourth-order valence-corrected chi connectivity index (χ4v) is 7.51. The van der Waals surface area contributed by atoms with Gasteiger partial charge >= 0.3 is 5.97 Å². The molecule has 3 aromatic carbocycles. The average molecular weight is 630 g/mol. The summed E-state index contributed by atoms with van der Waals surface area (Å²) in [5.74, 6) is -2.47. The average Bonchev–Trinajstić information content (AvgIpc) is 2.90. The number of hydrogen-bond acceptors (Lipinski definition) is 4. The standard InChI is InChI=1S/C27H24Cl4N2O5S/c28-19-10-11-21(29)20(14-19)17-8-6-16(7-9-17)13-24(27(35)36)32-26(34)18-3-2-12-33(15-18)39(37,38)25-22(30)4-1-5-23(25)31/h1,4-11,14,18,24H,2-3,12-13,15H2,(H,32,34)(H,35,36)/t18?,24-/m0/s1. The zero-order valence-corrected chi connectivity index (χ0v) is 24.3. The van der Waals surface area contributed by atoms with E-state index in [1.807, 2.05) is 0 Å².